The van der Waals surface area contributed by atoms with Crippen molar-refractivity contribution in [3.05, 3.63) is 53.7 Å². The third-order valence-corrected chi connectivity index (χ3v) is 3.48. The normalized spacial score (nSPS) is 10.9. The van der Waals surface area contributed by atoms with E-state index < -0.39 is 0 Å². The Morgan fingerprint density at radius 3 is 2.65 bits per heavy atom. The maximum atomic E-state index is 4.54. The number of pyridine rings is 1. The maximum absolute atomic E-state index is 4.54. The van der Waals surface area contributed by atoms with Gasteiger partial charge in [-0.1, -0.05) is 37.3 Å². The van der Waals surface area contributed by atoms with Gasteiger partial charge in [-0.15, -0.1) is 0 Å². The fourth-order valence-electron chi connectivity index (χ4n) is 2.36. The number of benzene rings is 1. The quantitative estimate of drug-likeness (QED) is 0.789. The van der Waals surface area contributed by atoms with Crippen molar-refractivity contribution >= 4 is 17.1 Å². The van der Waals surface area contributed by atoms with Gasteiger partial charge in [0.15, 0.2) is 5.65 Å². The fraction of sp³-hybridized carbons (Fsp3) is 0.250. The summed E-state index contributed by atoms with van der Waals surface area (Å²) < 4.78 is 2.18. The largest absolute Gasteiger partial charge is 0.359 e. The predicted molar refractivity (Wildman–Crippen MR) is 82.0 cm³/mol. The summed E-state index contributed by atoms with van der Waals surface area (Å²) in [7, 11) is 1.89. The second kappa shape index (κ2) is 5.33. The lowest BCUT2D eigenvalue weighted by Crippen LogP contribution is -2.05. The molecule has 0 fully saturated rings. The van der Waals surface area contributed by atoms with E-state index in [4.69, 9.17) is 0 Å². The van der Waals surface area contributed by atoms with Gasteiger partial charge in [0, 0.05) is 13.2 Å². The van der Waals surface area contributed by atoms with E-state index in [2.05, 4.69) is 57.1 Å². The van der Waals surface area contributed by atoms with E-state index in [0.717, 1.165) is 30.1 Å². The molecule has 0 aliphatic rings. The van der Waals surface area contributed by atoms with Crippen molar-refractivity contribution in [3.63, 3.8) is 0 Å². The number of hydrogen-bond donors (Lipinski definition) is 1. The zero-order chi connectivity index (χ0) is 13.9. The summed E-state index contributed by atoms with van der Waals surface area (Å²) >= 11 is 0. The van der Waals surface area contributed by atoms with Gasteiger partial charge in [0.05, 0.1) is 12.1 Å². The van der Waals surface area contributed by atoms with Gasteiger partial charge in [0.2, 0.25) is 5.95 Å². The Morgan fingerprint density at radius 2 is 1.95 bits per heavy atom. The molecule has 0 atom stereocenters. The SMILES string of the molecule is CCc1cnc2nc(NC)n(Cc3ccccc3)c2c1. The van der Waals surface area contributed by atoms with Crippen LogP contribution in [-0.4, -0.2) is 21.6 Å². The van der Waals surface area contributed by atoms with Crippen molar-refractivity contribution in [2.75, 3.05) is 12.4 Å². The second-order valence-electron chi connectivity index (χ2n) is 4.80. The van der Waals surface area contributed by atoms with Crippen LogP contribution in [0.1, 0.15) is 18.1 Å². The van der Waals surface area contributed by atoms with Gasteiger partial charge in [0.1, 0.15) is 0 Å². The van der Waals surface area contributed by atoms with Crippen LogP contribution in [0.3, 0.4) is 0 Å². The smallest absolute Gasteiger partial charge is 0.205 e. The highest BCUT2D eigenvalue weighted by molar-refractivity contribution is 5.75. The molecular weight excluding hydrogens is 248 g/mol. The Kier molecular flexibility index (Phi) is 3.37. The molecule has 0 amide bonds. The molecule has 0 saturated heterocycles. The highest BCUT2D eigenvalue weighted by atomic mass is 15.2. The average molecular weight is 266 g/mol. The molecule has 20 heavy (non-hydrogen) atoms. The van der Waals surface area contributed by atoms with Crippen LogP contribution >= 0.6 is 0 Å². The molecule has 0 bridgehead atoms. The zero-order valence-corrected chi connectivity index (χ0v) is 11.8. The first kappa shape index (κ1) is 12.7. The topological polar surface area (TPSA) is 42.7 Å². The maximum Gasteiger partial charge on any atom is 0.205 e. The van der Waals surface area contributed by atoms with Crippen LogP contribution in [0.2, 0.25) is 0 Å². The Hall–Kier alpha value is -2.36. The molecule has 4 nitrogen and oxygen atoms in total. The molecular formula is C16H18N4. The van der Waals surface area contributed by atoms with Crippen molar-refractivity contribution < 1.29 is 0 Å². The molecule has 3 aromatic rings. The van der Waals surface area contributed by atoms with Crippen LogP contribution in [-0.2, 0) is 13.0 Å². The Bertz CT molecular complexity index is 716. The lowest BCUT2D eigenvalue weighted by atomic mass is 10.2. The van der Waals surface area contributed by atoms with Crippen molar-refractivity contribution in [1.82, 2.24) is 14.5 Å². The molecule has 2 aromatic heterocycles. The molecule has 102 valence electrons. The number of rotatable bonds is 4. The van der Waals surface area contributed by atoms with Crippen LogP contribution in [0.15, 0.2) is 42.6 Å². The molecule has 0 saturated carbocycles. The Labute approximate surface area is 118 Å². The van der Waals surface area contributed by atoms with E-state index >= 15 is 0 Å². The lowest BCUT2D eigenvalue weighted by molar-refractivity contribution is 0.831. The van der Waals surface area contributed by atoms with Gasteiger partial charge in [-0.3, -0.25) is 0 Å². The van der Waals surface area contributed by atoms with Gasteiger partial charge in [0.25, 0.3) is 0 Å². The van der Waals surface area contributed by atoms with Gasteiger partial charge < -0.3 is 9.88 Å². The van der Waals surface area contributed by atoms with E-state index in [9.17, 15) is 0 Å². The van der Waals surface area contributed by atoms with Gasteiger partial charge in [-0.05, 0) is 23.6 Å². The van der Waals surface area contributed by atoms with Gasteiger partial charge >= 0.3 is 0 Å². The van der Waals surface area contributed by atoms with Crippen LogP contribution < -0.4 is 5.32 Å². The number of fused-ring (bicyclic) bond motifs is 1. The lowest BCUT2D eigenvalue weighted by Gasteiger charge is -2.08. The van der Waals surface area contributed by atoms with Crippen molar-refractivity contribution in [2.45, 2.75) is 19.9 Å². The number of aromatic nitrogens is 3. The molecule has 0 radical (unpaired) electrons. The number of hydrogen-bond acceptors (Lipinski definition) is 3. The first-order chi connectivity index (χ1) is 9.81. The molecule has 1 aromatic carbocycles. The van der Waals surface area contributed by atoms with Crippen LogP contribution in [0.4, 0.5) is 5.95 Å². The molecule has 3 rings (SSSR count). The molecule has 1 N–H and O–H groups in total. The van der Waals surface area contributed by atoms with Gasteiger partial charge in [-0.2, -0.15) is 4.98 Å². The average Bonchev–Trinajstić information content (AvgIpc) is 2.85. The van der Waals surface area contributed by atoms with Crippen LogP contribution in [0.5, 0.6) is 0 Å². The van der Waals surface area contributed by atoms with Crippen molar-refractivity contribution in [3.8, 4) is 0 Å². The summed E-state index contributed by atoms with van der Waals surface area (Å²) in [4.78, 5) is 8.99. The number of anilines is 1. The first-order valence-corrected chi connectivity index (χ1v) is 6.88. The van der Waals surface area contributed by atoms with Crippen molar-refractivity contribution in [2.24, 2.45) is 0 Å². The number of imidazole rings is 1. The third kappa shape index (κ3) is 2.25. The van der Waals surface area contributed by atoms with Crippen LogP contribution in [0.25, 0.3) is 11.2 Å². The summed E-state index contributed by atoms with van der Waals surface area (Å²) in [5.74, 6) is 0.851. The van der Waals surface area contributed by atoms with E-state index in [-0.39, 0.29) is 0 Å². The van der Waals surface area contributed by atoms with E-state index in [1.807, 2.05) is 19.3 Å². The Balaban J connectivity index is 2.11. The second-order valence-corrected chi connectivity index (χ2v) is 4.80. The van der Waals surface area contributed by atoms with E-state index in [0.29, 0.717) is 0 Å². The molecule has 0 spiro atoms. The standard InChI is InChI=1S/C16H18N4/c1-3-12-9-14-15(18-10-12)19-16(17-2)20(14)11-13-7-5-4-6-8-13/h4-10H,3,11H2,1-2H3,(H,17,18,19). The number of nitrogens with zero attached hydrogens (tertiary/aromatic N) is 3. The molecule has 0 aliphatic heterocycles. The third-order valence-electron chi connectivity index (χ3n) is 3.48. The number of nitrogens with one attached hydrogen (secondary N) is 1. The van der Waals surface area contributed by atoms with Crippen molar-refractivity contribution in [1.29, 1.82) is 0 Å². The monoisotopic (exact) mass is 266 g/mol. The zero-order valence-electron chi connectivity index (χ0n) is 11.8. The minimum atomic E-state index is 0.794. The summed E-state index contributed by atoms with van der Waals surface area (Å²) in [6, 6.07) is 12.6. The summed E-state index contributed by atoms with van der Waals surface area (Å²) in [6.45, 7) is 2.93. The highest BCUT2D eigenvalue weighted by Crippen LogP contribution is 2.20. The van der Waals surface area contributed by atoms with E-state index in [1.54, 1.807) is 0 Å². The fourth-order valence-corrected chi connectivity index (χ4v) is 2.36. The van der Waals surface area contributed by atoms with Gasteiger partial charge in [-0.25, -0.2) is 4.98 Å². The van der Waals surface area contributed by atoms with Crippen LogP contribution in [0, 0.1) is 0 Å². The highest BCUT2D eigenvalue weighted by Gasteiger charge is 2.11. The summed E-state index contributed by atoms with van der Waals surface area (Å²) in [5.41, 5.74) is 4.36. The molecule has 0 aliphatic carbocycles. The summed E-state index contributed by atoms with van der Waals surface area (Å²) in [6.07, 6.45) is 2.88. The first-order valence-electron chi connectivity index (χ1n) is 6.88. The number of aryl methyl sites for hydroxylation is 1. The molecule has 0 unspecified atom stereocenters. The summed E-state index contributed by atoms with van der Waals surface area (Å²) in [5, 5.41) is 3.15. The molecule has 4 heteroatoms. The minimum Gasteiger partial charge on any atom is -0.359 e. The molecule has 2 heterocycles. The predicted octanol–water partition coefficient (Wildman–Crippen LogP) is 3.08. The van der Waals surface area contributed by atoms with E-state index in [1.165, 1.54) is 11.1 Å². The Morgan fingerprint density at radius 1 is 1.15 bits per heavy atom. The minimum absolute atomic E-state index is 0.794.